The standard InChI is InChI=1S/C22H22F3N3O5/c1-10-3-4-17(33-2)16-9-27(10)22(32)18-20(30)19(29)13(8-28(16)18)21(31)26-7-12-14(24)5-11(23)6-15(12)25/h5-6,8,10,16-17,30H,3-4,7,9H2,1-2H3,(H,26,31)/t10-,16?,17-/m0/s1. The lowest BCUT2D eigenvalue weighted by molar-refractivity contribution is 0.0330. The highest BCUT2D eigenvalue weighted by Gasteiger charge is 2.42. The summed E-state index contributed by atoms with van der Waals surface area (Å²) in [6.45, 7) is 1.47. The second-order valence-corrected chi connectivity index (χ2v) is 8.23. The number of aromatic hydroxyl groups is 1. The zero-order valence-corrected chi connectivity index (χ0v) is 17.9. The van der Waals surface area contributed by atoms with Gasteiger partial charge in [0, 0.05) is 50.1 Å². The van der Waals surface area contributed by atoms with Gasteiger partial charge in [-0.3, -0.25) is 14.4 Å². The summed E-state index contributed by atoms with van der Waals surface area (Å²) in [5, 5.41) is 12.8. The largest absolute Gasteiger partial charge is 0.503 e. The molecule has 2 bridgehead atoms. The number of fused-ring (bicyclic) bond motifs is 4. The van der Waals surface area contributed by atoms with Crippen LogP contribution in [0.15, 0.2) is 23.1 Å². The lowest BCUT2D eigenvalue weighted by Gasteiger charge is -2.38. The van der Waals surface area contributed by atoms with E-state index in [2.05, 4.69) is 5.32 Å². The number of ether oxygens (including phenoxy) is 1. The molecule has 4 rings (SSSR count). The molecule has 0 aliphatic carbocycles. The molecule has 33 heavy (non-hydrogen) atoms. The summed E-state index contributed by atoms with van der Waals surface area (Å²) >= 11 is 0. The minimum absolute atomic E-state index is 0.133. The van der Waals surface area contributed by atoms with Crippen LogP contribution < -0.4 is 10.7 Å². The van der Waals surface area contributed by atoms with Crippen LogP contribution in [-0.2, 0) is 11.3 Å². The Morgan fingerprint density at radius 3 is 2.52 bits per heavy atom. The van der Waals surface area contributed by atoms with Gasteiger partial charge >= 0.3 is 0 Å². The highest BCUT2D eigenvalue weighted by Crippen LogP contribution is 2.35. The number of rotatable bonds is 4. The first kappa shape index (κ1) is 22.8. The van der Waals surface area contributed by atoms with Crippen LogP contribution >= 0.6 is 0 Å². The molecule has 0 radical (unpaired) electrons. The van der Waals surface area contributed by atoms with Gasteiger partial charge in [0.25, 0.3) is 11.8 Å². The van der Waals surface area contributed by atoms with Crippen LogP contribution in [0.4, 0.5) is 13.2 Å². The Labute approximate surface area is 186 Å². The average Bonchev–Trinajstić information content (AvgIpc) is 2.90. The van der Waals surface area contributed by atoms with Gasteiger partial charge in [-0.15, -0.1) is 0 Å². The Kier molecular flexibility index (Phi) is 5.91. The van der Waals surface area contributed by atoms with E-state index < -0.39 is 64.2 Å². The van der Waals surface area contributed by atoms with E-state index in [4.69, 9.17) is 4.74 Å². The molecule has 8 nitrogen and oxygen atoms in total. The first-order valence-corrected chi connectivity index (χ1v) is 10.4. The van der Waals surface area contributed by atoms with E-state index in [1.165, 1.54) is 11.7 Å². The van der Waals surface area contributed by atoms with E-state index in [9.17, 15) is 32.7 Å². The van der Waals surface area contributed by atoms with Gasteiger partial charge in [-0.2, -0.15) is 0 Å². The van der Waals surface area contributed by atoms with Gasteiger partial charge in [0.1, 0.15) is 23.0 Å². The van der Waals surface area contributed by atoms with Crippen molar-refractivity contribution in [2.45, 2.75) is 44.5 Å². The lowest BCUT2D eigenvalue weighted by atomic mass is 10.0. The molecule has 2 aromatic rings. The SMILES string of the molecule is CO[C@H]1CC[C@H](C)N2CC1n1cc(C(=O)NCc3c(F)cc(F)cc3F)c(=O)c(O)c1C2=O. The normalized spacial score (nSPS) is 22.0. The van der Waals surface area contributed by atoms with Gasteiger partial charge in [-0.25, -0.2) is 13.2 Å². The number of amides is 2. The number of hydrogen-bond donors (Lipinski definition) is 2. The van der Waals surface area contributed by atoms with Gasteiger partial charge < -0.3 is 24.6 Å². The summed E-state index contributed by atoms with van der Waals surface area (Å²) in [6.07, 6.45) is 2.09. The monoisotopic (exact) mass is 465 g/mol. The highest BCUT2D eigenvalue weighted by molar-refractivity contribution is 5.99. The fourth-order valence-corrected chi connectivity index (χ4v) is 4.47. The fourth-order valence-electron chi connectivity index (χ4n) is 4.47. The molecule has 0 saturated carbocycles. The predicted molar refractivity (Wildman–Crippen MR) is 109 cm³/mol. The third kappa shape index (κ3) is 3.86. The molecule has 1 aromatic heterocycles. The molecule has 176 valence electrons. The zero-order chi connectivity index (χ0) is 24.0. The number of pyridine rings is 1. The molecule has 2 aliphatic heterocycles. The maximum Gasteiger partial charge on any atom is 0.274 e. The van der Waals surface area contributed by atoms with E-state index in [1.54, 1.807) is 4.90 Å². The summed E-state index contributed by atoms with van der Waals surface area (Å²) in [7, 11) is 1.52. The first-order valence-electron chi connectivity index (χ1n) is 10.4. The van der Waals surface area contributed by atoms with Gasteiger partial charge in [-0.1, -0.05) is 0 Å². The molecular formula is C22H22F3N3O5. The van der Waals surface area contributed by atoms with Crippen LogP contribution in [-0.4, -0.2) is 52.2 Å². The fraction of sp³-hybridized carbons (Fsp3) is 0.409. The van der Waals surface area contributed by atoms with E-state index in [0.29, 0.717) is 25.0 Å². The van der Waals surface area contributed by atoms with Crippen molar-refractivity contribution in [1.82, 2.24) is 14.8 Å². The van der Waals surface area contributed by atoms with Gasteiger partial charge in [-0.05, 0) is 19.8 Å². The van der Waals surface area contributed by atoms with E-state index in [0.717, 1.165) is 6.20 Å². The zero-order valence-electron chi connectivity index (χ0n) is 17.9. The predicted octanol–water partition coefficient (Wildman–Crippen LogP) is 2.10. The molecule has 11 heteroatoms. The van der Waals surface area contributed by atoms with Crippen molar-refractivity contribution >= 4 is 11.8 Å². The van der Waals surface area contributed by atoms with Crippen LogP contribution in [0.1, 0.15) is 52.2 Å². The second-order valence-electron chi connectivity index (χ2n) is 8.23. The molecule has 3 atom stereocenters. The van der Waals surface area contributed by atoms with Crippen LogP contribution in [0.5, 0.6) is 5.75 Å². The topological polar surface area (TPSA) is 101 Å². The van der Waals surface area contributed by atoms with Crippen molar-refractivity contribution < 1.29 is 32.6 Å². The number of benzene rings is 1. The van der Waals surface area contributed by atoms with Crippen molar-refractivity contribution in [3.8, 4) is 5.75 Å². The third-order valence-corrected chi connectivity index (χ3v) is 6.32. The van der Waals surface area contributed by atoms with Crippen molar-refractivity contribution in [3.63, 3.8) is 0 Å². The number of methoxy groups -OCH3 is 1. The molecule has 2 aliphatic rings. The molecule has 1 saturated heterocycles. The number of aromatic nitrogens is 1. The quantitative estimate of drug-likeness (QED) is 0.720. The maximum atomic E-state index is 13.9. The van der Waals surface area contributed by atoms with Crippen LogP contribution in [0.25, 0.3) is 0 Å². The Bertz CT molecular complexity index is 1180. The minimum atomic E-state index is -1.20. The molecular weight excluding hydrogens is 443 g/mol. The van der Waals surface area contributed by atoms with Crippen molar-refractivity contribution in [3.05, 3.63) is 62.8 Å². The van der Waals surface area contributed by atoms with Crippen LogP contribution in [0, 0.1) is 17.5 Å². The summed E-state index contributed by atoms with van der Waals surface area (Å²) in [5.74, 6) is -5.93. The van der Waals surface area contributed by atoms with Crippen LogP contribution in [0.2, 0.25) is 0 Å². The summed E-state index contributed by atoms with van der Waals surface area (Å²) < 4.78 is 47.8. The maximum absolute atomic E-state index is 13.9. The number of carbonyl (C=O) groups excluding carboxylic acids is 2. The first-order chi connectivity index (χ1) is 15.6. The molecule has 0 spiro atoms. The lowest BCUT2D eigenvalue weighted by Crippen LogP contribution is -2.49. The number of halogens is 3. The third-order valence-electron chi connectivity index (χ3n) is 6.32. The van der Waals surface area contributed by atoms with Crippen molar-refractivity contribution in [2.75, 3.05) is 13.7 Å². The Morgan fingerprint density at radius 2 is 1.88 bits per heavy atom. The molecule has 3 heterocycles. The van der Waals surface area contributed by atoms with Crippen molar-refractivity contribution in [1.29, 1.82) is 0 Å². The summed E-state index contributed by atoms with van der Waals surface area (Å²) in [5.41, 5.74) is -2.42. The molecule has 1 unspecified atom stereocenters. The Morgan fingerprint density at radius 1 is 1.21 bits per heavy atom. The second kappa shape index (κ2) is 8.54. The molecule has 1 aromatic carbocycles. The molecule has 1 fully saturated rings. The van der Waals surface area contributed by atoms with E-state index in [-0.39, 0.29) is 24.4 Å². The summed E-state index contributed by atoms with van der Waals surface area (Å²) in [4.78, 5) is 40.0. The Balaban J connectivity index is 1.71. The average molecular weight is 465 g/mol. The van der Waals surface area contributed by atoms with Crippen LogP contribution in [0.3, 0.4) is 0 Å². The van der Waals surface area contributed by atoms with Gasteiger partial charge in [0.2, 0.25) is 5.43 Å². The highest BCUT2D eigenvalue weighted by atomic mass is 19.1. The van der Waals surface area contributed by atoms with Crippen molar-refractivity contribution in [2.24, 2.45) is 0 Å². The van der Waals surface area contributed by atoms with Gasteiger partial charge in [0.05, 0.1) is 12.1 Å². The van der Waals surface area contributed by atoms with Gasteiger partial charge in [0.15, 0.2) is 11.4 Å². The van der Waals surface area contributed by atoms with E-state index >= 15 is 0 Å². The molecule has 2 N–H and O–H groups in total. The number of carbonyl (C=O) groups is 2. The minimum Gasteiger partial charge on any atom is -0.503 e. The number of nitrogens with zero attached hydrogens (tertiary/aromatic N) is 2. The smallest absolute Gasteiger partial charge is 0.274 e. The number of hydrogen-bond acceptors (Lipinski definition) is 5. The van der Waals surface area contributed by atoms with E-state index in [1.807, 2.05) is 6.92 Å². The Hall–Kier alpha value is -3.34. The molecule has 2 amide bonds. The summed E-state index contributed by atoms with van der Waals surface area (Å²) in [6, 6.07) is 0.350. The number of nitrogens with one attached hydrogen (secondary N) is 1.